The smallest absolute Gasteiger partial charge is 0.267 e. The molecule has 3 nitrogen and oxygen atoms in total. The van der Waals surface area contributed by atoms with Crippen molar-refractivity contribution in [3.8, 4) is 5.69 Å². The normalized spacial score (nSPS) is 14.2. The van der Waals surface area contributed by atoms with Gasteiger partial charge in [-0.3, -0.25) is 9.36 Å². The van der Waals surface area contributed by atoms with E-state index in [0.29, 0.717) is 4.77 Å². The van der Waals surface area contributed by atoms with Crippen LogP contribution in [0.4, 0.5) is 0 Å². The first-order chi connectivity index (χ1) is 10.6. The minimum atomic E-state index is 0.0174. The van der Waals surface area contributed by atoms with Gasteiger partial charge in [0.25, 0.3) is 5.56 Å². The molecule has 0 saturated heterocycles. The van der Waals surface area contributed by atoms with Crippen LogP contribution in [-0.2, 0) is 12.8 Å². The molecule has 0 radical (unpaired) electrons. The molecule has 4 rings (SSSR count). The fraction of sp³-hybridized carbons (Fsp3) is 0.294. The van der Waals surface area contributed by atoms with Crippen molar-refractivity contribution in [1.29, 1.82) is 0 Å². The minimum absolute atomic E-state index is 0.0174. The molecule has 1 aliphatic carbocycles. The second-order valence-corrected chi connectivity index (χ2v) is 7.32. The van der Waals surface area contributed by atoms with Gasteiger partial charge in [-0.1, -0.05) is 12.1 Å². The van der Waals surface area contributed by atoms with Crippen molar-refractivity contribution in [3.63, 3.8) is 0 Å². The first kappa shape index (κ1) is 13.9. The van der Waals surface area contributed by atoms with E-state index in [4.69, 9.17) is 12.2 Å². The molecule has 0 spiro atoms. The lowest BCUT2D eigenvalue weighted by molar-refractivity contribution is 0.699. The number of H-pyrrole nitrogens is 1. The summed E-state index contributed by atoms with van der Waals surface area (Å²) in [5, 5.41) is 0.842. The summed E-state index contributed by atoms with van der Waals surface area (Å²) in [6.07, 6.45) is 4.47. The van der Waals surface area contributed by atoms with Gasteiger partial charge in [-0.05, 0) is 68.1 Å². The average Bonchev–Trinajstić information content (AvgIpc) is 2.85. The molecule has 1 aliphatic rings. The van der Waals surface area contributed by atoms with Crippen molar-refractivity contribution >= 4 is 33.8 Å². The van der Waals surface area contributed by atoms with Gasteiger partial charge in [0.2, 0.25) is 0 Å². The number of aromatic nitrogens is 2. The highest BCUT2D eigenvalue weighted by atomic mass is 32.1. The Bertz CT molecular complexity index is 994. The molecule has 0 aliphatic heterocycles. The number of nitrogens with zero attached hydrogens (tertiary/aromatic N) is 1. The third-order valence-corrected chi connectivity index (χ3v) is 5.76. The number of nitrogens with one attached hydrogen (secondary N) is 1. The van der Waals surface area contributed by atoms with Crippen LogP contribution in [0.2, 0.25) is 0 Å². The first-order valence-corrected chi connectivity index (χ1v) is 8.74. The molecule has 0 unspecified atom stereocenters. The standard InChI is InChI=1S/C17H16N2OS2/c1-10-5-4-6-11(9-10)19-16(20)14-12-7-2-3-8-13(12)22-15(14)18-17(19)21/h4-6,9H,2-3,7-8H2,1H3,(H,18,21). The Morgan fingerprint density at radius 2 is 2.09 bits per heavy atom. The van der Waals surface area contributed by atoms with Crippen LogP contribution in [0.1, 0.15) is 28.8 Å². The predicted molar refractivity (Wildman–Crippen MR) is 94.0 cm³/mol. The highest BCUT2D eigenvalue weighted by Crippen LogP contribution is 2.33. The van der Waals surface area contributed by atoms with Crippen LogP contribution in [0.15, 0.2) is 29.1 Å². The molecule has 1 aromatic carbocycles. The molecule has 0 atom stereocenters. The maximum absolute atomic E-state index is 13.1. The Balaban J connectivity index is 2.08. The highest BCUT2D eigenvalue weighted by Gasteiger charge is 2.20. The van der Waals surface area contributed by atoms with Crippen molar-refractivity contribution in [2.75, 3.05) is 0 Å². The molecule has 0 saturated carbocycles. The average molecular weight is 328 g/mol. The number of hydrogen-bond donors (Lipinski definition) is 1. The Hall–Kier alpha value is -1.72. The molecule has 3 aromatic rings. The molecular weight excluding hydrogens is 312 g/mol. The van der Waals surface area contributed by atoms with E-state index < -0.39 is 0 Å². The molecule has 1 N–H and O–H groups in total. The molecule has 112 valence electrons. The molecule has 0 amide bonds. The lowest BCUT2D eigenvalue weighted by Crippen LogP contribution is -2.21. The van der Waals surface area contributed by atoms with E-state index in [1.807, 2.05) is 31.2 Å². The summed E-state index contributed by atoms with van der Waals surface area (Å²) in [6.45, 7) is 2.02. The van der Waals surface area contributed by atoms with Crippen LogP contribution in [0, 0.1) is 11.7 Å². The van der Waals surface area contributed by atoms with E-state index in [9.17, 15) is 4.79 Å². The van der Waals surface area contributed by atoms with E-state index in [1.165, 1.54) is 23.3 Å². The maximum atomic E-state index is 13.1. The quantitative estimate of drug-likeness (QED) is 0.676. The molecule has 0 bridgehead atoms. The Morgan fingerprint density at radius 3 is 2.91 bits per heavy atom. The number of rotatable bonds is 1. The van der Waals surface area contributed by atoms with Gasteiger partial charge in [0.05, 0.1) is 11.1 Å². The van der Waals surface area contributed by atoms with E-state index in [1.54, 1.807) is 15.9 Å². The fourth-order valence-electron chi connectivity index (χ4n) is 3.24. The molecule has 0 fully saturated rings. The number of fused-ring (bicyclic) bond motifs is 3. The largest absolute Gasteiger partial charge is 0.323 e. The van der Waals surface area contributed by atoms with E-state index in [2.05, 4.69) is 4.98 Å². The summed E-state index contributed by atoms with van der Waals surface area (Å²) in [6, 6.07) is 7.91. The second-order valence-electron chi connectivity index (χ2n) is 5.82. The summed E-state index contributed by atoms with van der Waals surface area (Å²) < 4.78 is 2.11. The van der Waals surface area contributed by atoms with Gasteiger partial charge in [-0.25, -0.2) is 0 Å². The van der Waals surface area contributed by atoms with Gasteiger partial charge < -0.3 is 4.98 Å². The molecule has 2 heterocycles. The van der Waals surface area contributed by atoms with Crippen molar-refractivity contribution in [3.05, 3.63) is 55.4 Å². The number of thiophene rings is 1. The topological polar surface area (TPSA) is 37.8 Å². The summed E-state index contributed by atoms with van der Waals surface area (Å²) in [5.41, 5.74) is 3.21. The number of aromatic amines is 1. The van der Waals surface area contributed by atoms with Crippen molar-refractivity contribution in [1.82, 2.24) is 9.55 Å². The SMILES string of the molecule is Cc1cccc(-n2c(=S)[nH]c3sc4c(c3c2=O)CCCC4)c1. The Labute approximate surface area is 137 Å². The van der Waals surface area contributed by atoms with Gasteiger partial charge in [0, 0.05) is 4.88 Å². The summed E-state index contributed by atoms with van der Waals surface area (Å²) in [5.74, 6) is 0. The summed E-state index contributed by atoms with van der Waals surface area (Å²) >= 11 is 7.15. The van der Waals surface area contributed by atoms with Gasteiger partial charge in [-0.2, -0.15) is 0 Å². The van der Waals surface area contributed by atoms with Crippen molar-refractivity contribution in [2.45, 2.75) is 32.6 Å². The second kappa shape index (κ2) is 5.18. The maximum Gasteiger partial charge on any atom is 0.267 e. The van der Waals surface area contributed by atoms with Crippen LogP contribution in [0.25, 0.3) is 15.9 Å². The first-order valence-electron chi connectivity index (χ1n) is 7.52. The van der Waals surface area contributed by atoms with Crippen LogP contribution >= 0.6 is 23.6 Å². The van der Waals surface area contributed by atoms with Crippen LogP contribution in [0.3, 0.4) is 0 Å². The zero-order valence-corrected chi connectivity index (χ0v) is 13.9. The van der Waals surface area contributed by atoms with Crippen molar-refractivity contribution in [2.24, 2.45) is 0 Å². The van der Waals surface area contributed by atoms with Gasteiger partial charge in [-0.15, -0.1) is 11.3 Å². The fourth-order valence-corrected chi connectivity index (χ4v) is 4.87. The summed E-state index contributed by atoms with van der Waals surface area (Å²) in [7, 11) is 0. The third-order valence-electron chi connectivity index (χ3n) is 4.27. The number of hydrogen-bond acceptors (Lipinski definition) is 3. The zero-order valence-electron chi connectivity index (χ0n) is 12.3. The van der Waals surface area contributed by atoms with Crippen LogP contribution in [0.5, 0.6) is 0 Å². The van der Waals surface area contributed by atoms with Gasteiger partial charge in [0.1, 0.15) is 4.83 Å². The van der Waals surface area contributed by atoms with E-state index in [-0.39, 0.29) is 5.56 Å². The molecule has 5 heteroatoms. The highest BCUT2D eigenvalue weighted by molar-refractivity contribution is 7.71. The predicted octanol–water partition coefficient (Wildman–Crippen LogP) is 4.30. The van der Waals surface area contributed by atoms with E-state index in [0.717, 1.165) is 34.3 Å². The minimum Gasteiger partial charge on any atom is -0.323 e. The van der Waals surface area contributed by atoms with Crippen LogP contribution < -0.4 is 5.56 Å². The monoisotopic (exact) mass is 328 g/mol. The number of benzene rings is 1. The third kappa shape index (κ3) is 2.08. The molecule has 22 heavy (non-hydrogen) atoms. The van der Waals surface area contributed by atoms with Crippen molar-refractivity contribution < 1.29 is 0 Å². The van der Waals surface area contributed by atoms with Crippen LogP contribution in [-0.4, -0.2) is 9.55 Å². The van der Waals surface area contributed by atoms with E-state index >= 15 is 0 Å². The van der Waals surface area contributed by atoms with Gasteiger partial charge in [0.15, 0.2) is 4.77 Å². The molecule has 2 aromatic heterocycles. The lowest BCUT2D eigenvalue weighted by Gasteiger charge is -2.11. The summed E-state index contributed by atoms with van der Waals surface area (Å²) in [4.78, 5) is 18.6. The lowest BCUT2D eigenvalue weighted by atomic mass is 9.97. The Kier molecular flexibility index (Phi) is 3.27. The number of aryl methyl sites for hydroxylation is 3. The van der Waals surface area contributed by atoms with Gasteiger partial charge >= 0.3 is 0 Å². The molecular formula is C17H16N2OS2. The Morgan fingerprint density at radius 1 is 1.27 bits per heavy atom. The zero-order chi connectivity index (χ0) is 15.3.